The van der Waals surface area contributed by atoms with E-state index >= 15 is 0 Å². The van der Waals surface area contributed by atoms with Crippen molar-refractivity contribution in [2.45, 2.75) is 57.1 Å². The van der Waals surface area contributed by atoms with Crippen LogP contribution in [0, 0.1) is 5.92 Å². The van der Waals surface area contributed by atoms with Gasteiger partial charge in [0.1, 0.15) is 0 Å². The van der Waals surface area contributed by atoms with Crippen LogP contribution >= 0.6 is 0 Å². The Kier molecular flexibility index (Phi) is 4.81. The fraction of sp³-hybridized carbons (Fsp3) is 0.846. The normalized spacial score (nSPS) is 33.7. The van der Waals surface area contributed by atoms with Crippen LogP contribution in [0.4, 0.5) is 0 Å². The Morgan fingerprint density at radius 1 is 1.53 bits per heavy atom. The molecule has 1 aliphatic rings. The summed E-state index contributed by atoms with van der Waals surface area (Å²) in [7, 11) is 1.81. The first-order valence-corrected chi connectivity index (χ1v) is 6.06. The van der Waals surface area contributed by atoms with Crippen LogP contribution in [-0.4, -0.2) is 18.8 Å². The van der Waals surface area contributed by atoms with Crippen LogP contribution in [-0.2, 0) is 4.74 Å². The lowest BCUT2D eigenvalue weighted by Crippen LogP contribution is -2.51. The molecule has 0 saturated heterocycles. The quantitative estimate of drug-likeness (QED) is 0.710. The van der Waals surface area contributed by atoms with Gasteiger partial charge in [0, 0.05) is 13.2 Å². The standard InChI is InChI=1S/C13H25NO/c1-4-5-6-12(14)13(15-3)9-7-11(2)8-10-13/h4,11-12H,1,5-10,14H2,2-3H3. The Bertz CT molecular complexity index is 195. The van der Waals surface area contributed by atoms with Crippen molar-refractivity contribution in [1.29, 1.82) is 0 Å². The van der Waals surface area contributed by atoms with Crippen LogP contribution in [0.15, 0.2) is 12.7 Å². The molecule has 88 valence electrons. The van der Waals surface area contributed by atoms with Crippen LogP contribution in [0.25, 0.3) is 0 Å². The maximum atomic E-state index is 6.25. The van der Waals surface area contributed by atoms with Crippen molar-refractivity contribution in [3.05, 3.63) is 12.7 Å². The summed E-state index contributed by atoms with van der Waals surface area (Å²) in [6.07, 6.45) is 8.64. The molecule has 1 rings (SSSR count). The lowest BCUT2D eigenvalue weighted by Gasteiger charge is -2.42. The average Bonchev–Trinajstić information content (AvgIpc) is 2.27. The van der Waals surface area contributed by atoms with Crippen LogP contribution in [0.1, 0.15) is 45.4 Å². The van der Waals surface area contributed by atoms with Crippen LogP contribution < -0.4 is 5.73 Å². The van der Waals surface area contributed by atoms with Crippen molar-refractivity contribution in [3.8, 4) is 0 Å². The third-order valence-corrected chi connectivity index (χ3v) is 3.88. The molecule has 1 atom stereocenters. The maximum Gasteiger partial charge on any atom is 0.0829 e. The summed E-state index contributed by atoms with van der Waals surface area (Å²) in [5.41, 5.74) is 6.19. The van der Waals surface area contributed by atoms with Crippen molar-refractivity contribution >= 4 is 0 Å². The largest absolute Gasteiger partial charge is 0.377 e. The maximum absolute atomic E-state index is 6.25. The highest BCUT2D eigenvalue weighted by molar-refractivity contribution is 4.95. The van der Waals surface area contributed by atoms with Crippen molar-refractivity contribution in [2.24, 2.45) is 11.7 Å². The Hall–Kier alpha value is -0.340. The molecule has 2 nitrogen and oxygen atoms in total. The van der Waals surface area contributed by atoms with Gasteiger partial charge in [-0.3, -0.25) is 0 Å². The van der Waals surface area contributed by atoms with Gasteiger partial charge in [-0.2, -0.15) is 0 Å². The minimum absolute atomic E-state index is 0.0600. The third kappa shape index (κ3) is 3.05. The van der Waals surface area contributed by atoms with Crippen LogP contribution in [0.2, 0.25) is 0 Å². The molecule has 0 aromatic rings. The van der Waals surface area contributed by atoms with Crippen molar-refractivity contribution < 1.29 is 4.74 Å². The van der Waals surface area contributed by atoms with Crippen molar-refractivity contribution in [1.82, 2.24) is 0 Å². The van der Waals surface area contributed by atoms with E-state index in [0.29, 0.717) is 0 Å². The molecule has 1 aliphatic carbocycles. The number of methoxy groups -OCH3 is 1. The molecule has 2 N–H and O–H groups in total. The summed E-state index contributed by atoms with van der Waals surface area (Å²) in [6.45, 7) is 6.06. The number of rotatable bonds is 5. The average molecular weight is 211 g/mol. The van der Waals surface area contributed by atoms with Gasteiger partial charge in [0.2, 0.25) is 0 Å². The van der Waals surface area contributed by atoms with Gasteiger partial charge in [0.05, 0.1) is 5.60 Å². The third-order valence-electron chi connectivity index (χ3n) is 3.88. The van der Waals surface area contributed by atoms with E-state index in [1.165, 1.54) is 12.8 Å². The second-order valence-corrected chi connectivity index (χ2v) is 4.92. The van der Waals surface area contributed by atoms with E-state index in [-0.39, 0.29) is 11.6 Å². The highest BCUT2D eigenvalue weighted by atomic mass is 16.5. The lowest BCUT2D eigenvalue weighted by molar-refractivity contribution is -0.0674. The molecule has 1 unspecified atom stereocenters. The molecule has 2 heteroatoms. The molecule has 0 aromatic heterocycles. The van der Waals surface area contributed by atoms with E-state index in [9.17, 15) is 0 Å². The number of nitrogens with two attached hydrogens (primary N) is 1. The van der Waals surface area contributed by atoms with Gasteiger partial charge < -0.3 is 10.5 Å². The minimum atomic E-state index is -0.0600. The first-order chi connectivity index (χ1) is 7.14. The van der Waals surface area contributed by atoms with E-state index < -0.39 is 0 Å². The summed E-state index contributed by atoms with van der Waals surface area (Å²) in [4.78, 5) is 0. The molecule has 1 fully saturated rings. The minimum Gasteiger partial charge on any atom is -0.377 e. The fourth-order valence-corrected chi connectivity index (χ4v) is 2.54. The monoisotopic (exact) mass is 211 g/mol. The van der Waals surface area contributed by atoms with Crippen LogP contribution in [0.5, 0.6) is 0 Å². The zero-order valence-electron chi connectivity index (χ0n) is 10.2. The number of hydrogen-bond donors (Lipinski definition) is 1. The fourth-order valence-electron chi connectivity index (χ4n) is 2.54. The second-order valence-electron chi connectivity index (χ2n) is 4.92. The topological polar surface area (TPSA) is 35.2 Å². The molecular formula is C13H25NO. The number of allylic oxidation sites excluding steroid dienone is 1. The highest BCUT2D eigenvalue weighted by Crippen LogP contribution is 2.37. The van der Waals surface area contributed by atoms with Crippen LogP contribution in [0.3, 0.4) is 0 Å². The molecule has 0 bridgehead atoms. The summed E-state index contributed by atoms with van der Waals surface area (Å²) in [5.74, 6) is 0.833. The van der Waals surface area contributed by atoms with E-state index in [4.69, 9.17) is 10.5 Å². The molecule has 0 radical (unpaired) electrons. The van der Waals surface area contributed by atoms with Crippen molar-refractivity contribution in [3.63, 3.8) is 0 Å². The SMILES string of the molecule is C=CCCC(N)C1(OC)CCC(C)CC1. The molecule has 15 heavy (non-hydrogen) atoms. The molecule has 0 aliphatic heterocycles. The Morgan fingerprint density at radius 2 is 2.13 bits per heavy atom. The van der Waals surface area contributed by atoms with Gasteiger partial charge in [-0.25, -0.2) is 0 Å². The van der Waals surface area contributed by atoms with E-state index in [0.717, 1.165) is 31.6 Å². The molecular weight excluding hydrogens is 186 g/mol. The molecule has 0 amide bonds. The zero-order valence-corrected chi connectivity index (χ0v) is 10.2. The molecule has 0 heterocycles. The van der Waals surface area contributed by atoms with Gasteiger partial charge in [0.25, 0.3) is 0 Å². The first kappa shape index (κ1) is 12.7. The Morgan fingerprint density at radius 3 is 2.60 bits per heavy atom. The summed E-state index contributed by atoms with van der Waals surface area (Å²) in [5, 5.41) is 0. The summed E-state index contributed by atoms with van der Waals surface area (Å²) >= 11 is 0. The van der Waals surface area contributed by atoms with Gasteiger partial charge in [0.15, 0.2) is 0 Å². The van der Waals surface area contributed by atoms with Gasteiger partial charge in [-0.15, -0.1) is 6.58 Å². The predicted octanol–water partition coefficient (Wildman–Crippen LogP) is 2.88. The molecule has 0 spiro atoms. The summed E-state index contributed by atoms with van der Waals surface area (Å²) in [6, 6.07) is 0.160. The molecule has 1 saturated carbocycles. The number of ether oxygens (including phenoxy) is 1. The molecule has 0 aromatic carbocycles. The van der Waals surface area contributed by atoms with Gasteiger partial charge in [-0.05, 0) is 44.4 Å². The smallest absolute Gasteiger partial charge is 0.0829 e. The van der Waals surface area contributed by atoms with E-state index in [2.05, 4.69) is 13.5 Å². The lowest BCUT2D eigenvalue weighted by atomic mass is 9.74. The first-order valence-electron chi connectivity index (χ1n) is 6.06. The highest BCUT2D eigenvalue weighted by Gasteiger charge is 2.39. The zero-order chi connectivity index (χ0) is 11.3. The van der Waals surface area contributed by atoms with E-state index in [1.54, 1.807) is 0 Å². The van der Waals surface area contributed by atoms with Gasteiger partial charge >= 0.3 is 0 Å². The Labute approximate surface area is 93.9 Å². The number of hydrogen-bond acceptors (Lipinski definition) is 2. The van der Waals surface area contributed by atoms with Crippen molar-refractivity contribution in [2.75, 3.05) is 7.11 Å². The van der Waals surface area contributed by atoms with Gasteiger partial charge in [-0.1, -0.05) is 13.0 Å². The Balaban J connectivity index is 2.55. The second kappa shape index (κ2) is 5.66. The summed E-state index contributed by atoms with van der Waals surface area (Å²) < 4.78 is 5.73. The predicted molar refractivity (Wildman–Crippen MR) is 64.8 cm³/mol. The van der Waals surface area contributed by atoms with E-state index in [1.807, 2.05) is 13.2 Å².